The zero-order valence-corrected chi connectivity index (χ0v) is 12.5. The molecule has 1 aromatic rings. The Bertz CT molecular complexity index is 367. The molecule has 0 spiro atoms. The number of rotatable bonds is 8. The highest BCUT2D eigenvalue weighted by molar-refractivity contribution is 7.13. The van der Waals surface area contributed by atoms with Gasteiger partial charge in [0.2, 0.25) is 0 Å². The molecule has 108 valence electrons. The van der Waals surface area contributed by atoms with Crippen molar-refractivity contribution in [3.63, 3.8) is 0 Å². The Hall–Kier alpha value is -0.690. The largest absolute Gasteiger partial charge is 0.383 e. The fraction of sp³-hybridized carbons (Fsp3) is 0.769. The van der Waals surface area contributed by atoms with Gasteiger partial charge in [0, 0.05) is 45.8 Å². The molecule has 1 fully saturated rings. The molecule has 1 saturated heterocycles. The Morgan fingerprint density at radius 1 is 1.63 bits per heavy atom. The monoisotopic (exact) mass is 285 g/mol. The first-order valence-electron chi connectivity index (χ1n) is 6.76. The highest BCUT2D eigenvalue weighted by Gasteiger charge is 2.18. The highest BCUT2D eigenvalue weighted by atomic mass is 32.1. The molecule has 1 N–H and O–H groups in total. The molecule has 6 heteroatoms. The summed E-state index contributed by atoms with van der Waals surface area (Å²) in [5.41, 5.74) is 1.09. The molecule has 0 saturated carbocycles. The molecule has 5 nitrogen and oxygen atoms in total. The standard InChI is InChI=1S/C13H23N3O2S/c1-16(9-12-4-3-6-18-12)13-15-11(10-19-13)8-14-5-7-17-2/h10,12,14H,3-9H2,1-2H3. The molecule has 0 aromatic carbocycles. The van der Waals surface area contributed by atoms with Crippen molar-refractivity contribution in [1.29, 1.82) is 0 Å². The minimum absolute atomic E-state index is 0.372. The van der Waals surface area contributed by atoms with E-state index in [0.717, 1.165) is 43.7 Å². The first-order chi connectivity index (χ1) is 9.29. The van der Waals surface area contributed by atoms with Crippen molar-refractivity contribution < 1.29 is 9.47 Å². The summed E-state index contributed by atoms with van der Waals surface area (Å²) in [6, 6.07) is 0. The van der Waals surface area contributed by atoms with Gasteiger partial charge in [-0.25, -0.2) is 4.98 Å². The Labute approximate surface area is 118 Å². The van der Waals surface area contributed by atoms with E-state index in [1.54, 1.807) is 18.4 Å². The molecule has 0 amide bonds. The van der Waals surface area contributed by atoms with Crippen LogP contribution in [0.4, 0.5) is 5.13 Å². The van der Waals surface area contributed by atoms with Crippen LogP contribution in [-0.4, -0.2) is 51.5 Å². The van der Waals surface area contributed by atoms with Gasteiger partial charge in [-0.1, -0.05) is 0 Å². The number of hydrogen-bond acceptors (Lipinski definition) is 6. The Balaban J connectivity index is 1.75. The summed E-state index contributed by atoms with van der Waals surface area (Å²) in [6.07, 6.45) is 2.73. The molecule has 19 heavy (non-hydrogen) atoms. The van der Waals surface area contributed by atoms with Gasteiger partial charge in [0.05, 0.1) is 18.4 Å². The molecular weight excluding hydrogens is 262 g/mol. The summed E-state index contributed by atoms with van der Waals surface area (Å²) in [5.74, 6) is 0. The normalized spacial score (nSPS) is 18.9. The summed E-state index contributed by atoms with van der Waals surface area (Å²) < 4.78 is 10.6. The summed E-state index contributed by atoms with van der Waals surface area (Å²) in [5, 5.41) is 6.48. The lowest BCUT2D eigenvalue weighted by Crippen LogP contribution is -2.28. The van der Waals surface area contributed by atoms with E-state index in [2.05, 4.69) is 27.6 Å². The third kappa shape index (κ3) is 4.72. The van der Waals surface area contributed by atoms with Crippen LogP contribution < -0.4 is 10.2 Å². The molecule has 0 aliphatic carbocycles. The van der Waals surface area contributed by atoms with Crippen LogP contribution in [0.1, 0.15) is 18.5 Å². The third-order valence-electron chi connectivity index (χ3n) is 3.16. The van der Waals surface area contributed by atoms with Crippen molar-refractivity contribution in [2.75, 3.05) is 45.4 Å². The van der Waals surface area contributed by atoms with Crippen molar-refractivity contribution in [2.45, 2.75) is 25.5 Å². The Kier molecular flexibility index (Phi) is 6.03. The first-order valence-corrected chi connectivity index (χ1v) is 7.64. The van der Waals surface area contributed by atoms with Gasteiger partial charge in [-0.05, 0) is 12.8 Å². The Morgan fingerprint density at radius 3 is 3.26 bits per heavy atom. The second-order valence-corrected chi connectivity index (χ2v) is 5.64. The van der Waals surface area contributed by atoms with E-state index in [0.29, 0.717) is 6.10 Å². The van der Waals surface area contributed by atoms with Crippen LogP contribution in [0.3, 0.4) is 0 Å². The first kappa shape index (κ1) is 14.7. The van der Waals surface area contributed by atoms with Crippen LogP contribution in [0.2, 0.25) is 0 Å². The minimum Gasteiger partial charge on any atom is -0.383 e. The van der Waals surface area contributed by atoms with Gasteiger partial charge >= 0.3 is 0 Å². The molecule has 1 aromatic heterocycles. The second kappa shape index (κ2) is 7.79. The SMILES string of the molecule is COCCNCc1csc(N(C)CC2CCCO2)n1. The third-order valence-corrected chi connectivity index (χ3v) is 4.16. The molecule has 1 aliphatic rings. The van der Waals surface area contributed by atoms with Gasteiger partial charge in [-0.15, -0.1) is 11.3 Å². The van der Waals surface area contributed by atoms with E-state index in [-0.39, 0.29) is 0 Å². The zero-order chi connectivity index (χ0) is 13.5. The quantitative estimate of drug-likeness (QED) is 0.733. The van der Waals surface area contributed by atoms with Crippen LogP contribution in [-0.2, 0) is 16.0 Å². The maximum Gasteiger partial charge on any atom is 0.185 e. The van der Waals surface area contributed by atoms with Gasteiger partial charge in [-0.3, -0.25) is 0 Å². The molecule has 0 bridgehead atoms. The fourth-order valence-corrected chi connectivity index (χ4v) is 2.92. The average molecular weight is 285 g/mol. The molecule has 1 atom stereocenters. The van der Waals surface area contributed by atoms with Gasteiger partial charge in [0.25, 0.3) is 0 Å². The lowest BCUT2D eigenvalue weighted by molar-refractivity contribution is 0.116. The van der Waals surface area contributed by atoms with E-state index in [9.17, 15) is 0 Å². The minimum atomic E-state index is 0.372. The summed E-state index contributed by atoms with van der Waals surface area (Å²) in [4.78, 5) is 6.83. The molecule has 2 rings (SSSR count). The van der Waals surface area contributed by atoms with Crippen LogP contribution in [0.25, 0.3) is 0 Å². The van der Waals surface area contributed by atoms with Crippen molar-refractivity contribution in [1.82, 2.24) is 10.3 Å². The summed E-state index contributed by atoms with van der Waals surface area (Å²) in [6.45, 7) is 4.23. The number of hydrogen-bond donors (Lipinski definition) is 1. The lowest BCUT2D eigenvalue weighted by atomic mass is 10.2. The maximum absolute atomic E-state index is 5.65. The number of aromatic nitrogens is 1. The highest BCUT2D eigenvalue weighted by Crippen LogP contribution is 2.21. The summed E-state index contributed by atoms with van der Waals surface area (Å²) >= 11 is 1.69. The second-order valence-electron chi connectivity index (χ2n) is 4.81. The fourth-order valence-electron chi connectivity index (χ4n) is 2.12. The molecule has 2 heterocycles. The van der Waals surface area contributed by atoms with Crippen LogP contribution in [0.15, 0.2) is 5.38 Å². The van der Waals surface area contributed by atoms with Gasteiger partial charge in [0.1, 0.15) is 0 Å². The molecule has 0 radical (unpaired) electrons. The van der Waals surface area contributed by atoms with Crippen molar-refractivity contribution in [3.05, 3.63) is 11.1 Å². The van der Waals surface area contributed by atoms with Crippen LogP contribution in [0, 0.1) is 0 Å². The number of nitrogens with one attached hydrogen (secondary N) is 1. The van der Waals surface area contributed by atoms with E-state index < -0.39 is 0 Å². The van der Waals surface area contributed by atoms with Gasteiger partial charge in [0.15, 0.2) is 5.13 Å². The lowest BCUT2D eigenvalue weighted by Gasteiger charge is -2.19. The number of anilines is 1. The zero-order valence-electron chi connectivity index (χ0n) is 11.7. The Morgan fingerprint density at radius 2 is 2.53 bits per heavy atom. The van der Waals surface area contributed by atoms with Gasteiger partial charge in [-0.2, -0.15) is 0 Å². The summed E-state index contributed by atoms with van der Waals surface area (Å²) in [7, 11) is 3.80. The maximum atomic E-state index is 5.65. The van der Waals surface area contributed by atoms with E-state index in [1.165, 1.54) is 12.8 Å². The number of thiazole rings is 1. The molecular formula is C13H23N3O2S. The predicted octanol–water partition coefficient (Wildman–Crippen LogP) is 1.49. The smallest absolute Gasteiger partial charge is 0.185 e. The number of likely N-dealkylation sites (N-methyl/N-ethyl adjacent to an activating group) is 1. The number of ether oxygens (including phenoxy) is 2. The van der Waals surface area contributed by atoms with Crippen LogP contribution >= 0.6 is 11.3 Å². The van der Waals surface area contributed by atoms with Crippen molar-refractivity contribution in [2.24, 2.45) is 0 Å². The van der Waals surface area contributed by atoms with Gasteiger partial charge < -0.3 is 19.7 Å². The number of methoxy groups -OCH3 is 1. The topological polar surface area (TPSA) is 46.6 Å². The van der Waals surface area contributed by atoms with E-state index in [4.69, 9.17) is 9.47 Å². The van der Waals surface area contributed by atoms with Crippen molar-refractivity contribution >= 4 is 16.5 Å². The number of nitrogens with zero attached hydrogens (tertiary/aromatic N) is 2. The van der Waals surface area contributed by atoms with E-state index >= 15 is 0 Å². The molecule has 1 aliphatic heterocycles. The van der Waals surface area contributed by atoms with E-state index in [1.807, 2.05) is 0 Å². The van der Waals surface area contributed by atoms with Crippen molar-refractivity contribution in [3.8, 4) is 0 Å². The molecule has 1 unspecified atom stereocenters. The predicted molar refractivity (Wildman–Crippen MR) is 77.9 cm³/mol. The average Bonchev–Trinajstić information content (AvgIpc) is 3.05. The van der Waals surface area contributed by atoms with Crippen LogP contribution in [0.5, 0.6) is 0 Å².